The fourth-order valence-corrected chi connectivity index (χ4v) is 2.36. The third-order valence-corrected chi connectivity index (χ3v) is 3.57. The molecule has 0 aliphatic rings. The molecule has 1 heterocycles. The predicted molar refractivity (Wildman–Crippen MR) is 82.0 cm³/mol. The Bertz CT molecular complexity index is 929. The summed E-state index contributed by atoms with van der Waals surface area (Å²) in [4.78, 5) is 10.7. The number of allylic oxidation sites excluding steroid dienone is 1. The number of rotatable bonds is 5. The molecule has 24 heavy (non-hydrogen) atoms. The van der Waals surface area contributed by atoms with Gasteiger partial charge in [-0.15, -0.1) is 10.2 Å². The highest BCUT2D eigenvalue weighted by molar-refractivity contribution is 7.86. The van der Waals surface area contributed by atoms with E-state index in [9.17, 15) is 17.8 Å². The van der Waals surface area contributed by atoms with Crippen molar-refractivity contribution in [3.05, 3.63) is 30.2 Å². The molecule has 0 bridgehead atoms. The second kappa shape index (κ2) is 6.86. The molecule has 0 aliphatic heterocycles. The lowest BCUT2D eigenvalue weighted by Gasteiger charge is -2.10. The van der Waals surface area contributed by atoms with Crippen LogP contribution in [0.1, 0.15) is 12.7 Å². The third kappa shape index (κ3) is 4.12. The van der Waals surface area contributed by atoms with Gasteiger partial charge in [0.05, 0.1) is 5.69 Å². The molecule has 0 aliphatic carbocycles. The Morgan fingerprint density at radius 1 is 1.46 bits per heavy atom. The van der Waals surface area contributed by atoms with Crippen molar-refractivity contribution in [3.63, 3.8) is 0 Å². The largest absolute Gasteiger partial charge is 0.359 e. The van der Waals surface area contributed by atoms with E-state index in [2.05, 4.69) is 31.3 Å². The lowest BCUT2D eigenvalue weighted by molar-refractivity contribution is -0.114. The summed E-state index contributed by atoms with van der Waals surface area (Å²) >= 11 is 0. The van der Waals surface area contributed by atoms with Gasteiger partial charge in [-0.25, -0.2) is 0 Å². The van der Waals surface area contributed by atoms with Gasteiger partial charge in [0, 0.05) is 18.8 Å². The van der Waals surface area contributed by atoms with Crippen LogP contribution >= 0.6 is 0 Å². The average molecular weight is 349 g/mol. The number of hydrogen-bond donors (Lipinski definition) is 4. The number of carbonyl (C=O) groups is 1. The van der Waals surface area contributed by atoms with Gasteiger partial charge in [-0.2, -0.15) is 18.9 Å². The second-order valence-corrected chi connectivity index (χ2v) is 5.81. The van der Waals surface area contributed by atoms with Gasteiger partial charge in [-0.3, -0.25) is 9.35 Å². The first-order valence-electron chi connectivity index (χ1n) is 6.31. The summed E-state index contributed by atoms with van der Waals surface area (Å²) in [5.41, 5.74) is 0.207. The maximum atomic E-state index is 11.4. The van der Waals surface area contributed by atoms with Crippen molar-refractivity contribution in [2.24, 2.45) is 0 Å². The minimum absolute atomic E-state index is 0.00331. The summed E-state index contributed by atoms with van der Waals surface area (Å²) in [6, 6.07) is 5.51. The fraction of sp³-hybridized carbons (Fsp3) is 0.0833. The number of tetrazole rings is 1. The lowest BCUT2D eigenvalue weighted by Crippen LogP contribution is -2.08. The molecule has 1 amide bonds. The molecular weight excluding hydrogens is 338 g/mol. The molecule has 0 unspecified atom stereocenters. The van der Waals surface area contributed by atoms with Crippen LogP contribution in [-0.4, -0.2) is 39.5 Å². The number of aromatic nitrogens is 4. The Kier molecular flexibility index (Phi) is 4.87. The third-order valence-electron chi connectivity index (χ3n) is 2.66. The van der Waals surface area contributed by atoms with Gasteiger partial charge >= 0.3 is 0 Å². The lowest BCUT2D eigenvalue weighted by atomic mass is 10.2. The minimum atomic E-state index is -4.52. The molecular formula is C12H11N7O4S. The zero-order valence-electron chi connectivity index (χ0n) is 12.2. The number of nitrogens with one attached hydrogen (secondary N) is 3. The fourth-order valence-electron chi connectivity index (χ4n) is 1.72. The van der Waals surface area contributed by atoms with Crippen LogP contribution in [0.2, 0.25) is 0 Å². The molecule has 0 atom stereocenters. The number of nitrogens with zero attached hydrogens (tertiary/aromatic N) is 4. The molecule has 2 rings (SSSR count). The Morgan fingerprint density at radius 3 is 2.75 bits per heavy atom. The Labute approximate surface area is 136 Å². The predicted octanol–water partition coefficient (Wildman–Crippen LogP) is 0.381. The van der Waals surface area contributed by atoms with E-state index in [1.165, 1.54) is 19.1 Å². The zero-order valence-corrected chi connectivity index (χ0v) is 13.0. The van der Waals surface area contributed by atoms with Crippen LogP contribution in [-0.2, 0) is 14.9 Å². The summed E-state index contributed by atoms with van der Waals surface area (Å²) in [5, 5.41) is 26.9. The highest BCUT2D eigenvalue weighted by Gasteiger charge is 2.16. The van der Waals surface area contributed by atoms with Crippen molar-refractivity contribution >= 4 is 33.0 Å². The molecule has 0 saturated heterocycles. The number of aromatic amines is 1. The molecule has 1 aromatic carbocycles. The number of nitriles is 1. The van der Waals surface area contributed by atoms with Crippen molar-refractivity contribution in [2.75, 3.05) is 10.6 Å². The van der Waals surface area contributed by atoms with E-state index in [0.717, 1.165) is 12.3 Å². The monoisotopic (exact) mass is 349 g/mol. The Morgan fingerprint density at radius 2 is 2.21 bits per heavy atom. The van der Waals surface area contributed by atoms with Crippen LogP contribution in [0, 0.1) is 11.3 Å². The number of carbonyl (C=O) groups excluding carboxylic acids is 1. The average Bonchev–Trinajstić information content (AvgIpc) is 3.00. The van der Waals surface area contributed by atoms with Crippen LogP contribution in [0.3, 0.4) is 0 Å². The highest BCUT2D eigenvalue weighted by atomic mass is 32.2. The SMILES string of the molecule is CC(=O)Nc1ccc(S(=O)(=O)O)c(NC=C(C#N)c2nn[nH]n2)c1. The van der Waals surface area contributed by atoms with Crippen LogP contribution in [0.15, 0.2) is 29.3 Å². The van der Waals surface area contributed by atoms with E-state index in [1.807, 2.05) is 6.07 Å². The van der Waals surface area contributed by atoms with E-state index >= 15 is 0 Å². The van der Waals surface area contributed by atoms with E-state index in [1.54, 1.807) is 0 Å². The summed E-state index contributed by atoms with van der Waals surface area (Å²) in [7, 11) is -4.52. The van der Waals surface area contributed by atoms with Gasteiger partial charge in [-0.05, 0) is 23.4 Å². The molecule has 0 saturated carbocycles. The molecule has 11 nitrogen and oxygen atoms in total. The smallest absolute Gasteiger partial charge is 0.296 e. The summed E-state index contributed by atoms with van der Waals surface area (Å²) in [6.45, 7) is 1.29. The molecule has 0 fully saturated rings. The molecule has 4 N–H and O–H groups in total. The van der Waals surface area contributed by atoms with Gasteiger partial charge in [0.15, 0.2) is 0 Å². The standard InChI is InChI=1S/C12H11N7O4S/c1-7(20)15-9-2-3-11(24(21,22)23)10(4-9)14-6-8(5-13)12-16-18-19-17-12/h2-4,6,14H,1H3,(H,15,20)(H,21,22,23)(H,16,17,18,19). The summed E-state index contributed by atoms with van der Waals surface area (Å²) in [5.74, 6) is -0.364. The van der Waals surface area contributed by atoms with Gasteiger partial charge in [0.2, 0.25) is 11.7 Å². The van der Waals surface area contributed by atoms with Gasteiger partial charge < -0.3 is 10.6 Å². The molecule has 124 valence electrons. The molecule has 1 aromatic heterocycles. The first-order valence-corrected chi connectivity index (χ1v) is 7.75. The van der Waals surface area contributed by atoms with Crippen LogP contribution < -0.4 is 10.6 Å². The van der Waals surface area contributed by atoms with Crippen molar-refractivity contribution in [3.8, 4) is 6.07 Å². The van der Waals surface area contributed by atoms with E-state index in [-0.39, 0.29) is 23.0 Å². The Hall–Kier alpha value is -3.30. The highest BCUT2D eigenvalue weighted by Crippen LogP contribution is 2.26. The van der Waals surface area contributed by atoms with Crippen molar-refractivity contribution < 1.29 is 17.8 Å². The molecule has 0 spiro atoms. The van der Waals surface area contributed by atoms with Crippen LogP contribution in [0.5, 0.6) is 0 Å². The van der Waals surface area contributed by atoms with E-state index in [0.29, 0.717) is 5.69 Å². The van der Waals surface area contributed by atoms with E-state index < -0.39 is 15.0 Å². The number of anilines is 2. The summed E-state index contributed by atoms with van der Waals surface area (Å²) < 4.78 is 32.1. The van der Waals surface area contributed by atoms with Crippen LogP contribution in [0.25, 0.3) is 5.57 Å². The molecule has 2 aromatic rings. The molecule has 0 radical (unpaired) electrons. The zero-order chi connectivity index (χ0) is 17.7. The maximum Gasteiger partial charge on any atom is 0.296 e. The van der Waals surface area contributed by atoms with Gasteiger partial charge in [0.25, 0.3) is 10.1 Å². The Balaban J connectivity index is 2.43. The van der Waals surface area contributed by atoms with Crippen molar-refractivity contribution in [1.82, 2.24) is 20.6 Å². The van der Waals surface area contributed by atoms with Crippen molar-refractivity contribution in [1.29, 1.82) is 5.26 Å². The normalized spacial score (nSPS) is 11.6. The van der Waals surface area contributed by atoms with Crippen molar-refractivity contribution in [2.45, 2.75) is 11.8 Å². The quantitative estimate of drug-likeness (QED) is 0.439. The second-order valence-electron chi connectivity index (χ2n) is 4.42. The van der Waals surface area contributed by atoms with Gasteiger partial charge in [0.1, 0.15) is 16.5 Å². The first-order chi connectivity index (χ1) is 11.3. The topological polar surface area (TPSA) is 174 Å². The number of amides is 1. The number of hydrogen-bond acceptors (Lipinski definition) is 8. The maximum absolute atomic E-state index is 11.4. The first kappa shape index (κ1) is 17.1. The number of benzene rings is 1. The molecule has 12 heteroatoms. The van der Waals surface area contributed by atoms with E-state index in [4.69, 9.17) is 5.26 Å². The van der Waals surface area contributed by atoms with Crippen LogP contribution in [0.4, 0.5) is 11.4 Å². The minimum Gasteiger partial charge on any atom is -0.359 e. The summed E-state index contributed by atoms with van der Waals surface area (Å²) in [6.07, 6.45) is 1.15. The van der Waals surface area contributed by atoms with Gasteiger partial charge in [-0.1, -0.05) is 0 Å². The number of H-pyrrole nitrogens is 1.